The molecular weight excluding hydrogens is 1710 g/mol. The summed E-state index contributed by atoms with van der Waals surface area (Å²) in [7, 11) is -0.792. The third-order valence-corrected chi connectivity index (χ3v) is 18.7. The van der Waals surface area contributed by atoms with E-state index in [-0.39, 0.29) is 115 Å². The molecule has 0 saturated carbocycles. The van der Waals surface area contributed by atoms with Crippen LogP contribution in [0, 0.1) is 13.8 Å². The first-order valence-electron chi connectivity index (χ1n) is 34.8. The molecule has 0 aliphatic heterocycles. The predicted molar refractivity (Wildman–Crippen MR) is 455 cm³/mol. The monoisotopic (exact) mass is 1790 g/mol. The summed E-state index contributed by atoms with van der Waals surface area (Å²) in [5.74, 6) is 0.851. The number of phenols is 4. The number of unbranched alkanes of at least 4 members (excludes halogenated alkanes) is 2. The average Bonchev–Trinajstić information content (AvgIpc) is 0.856. The van der Waals surface area contributed by atoms with Crippen LogP contribution in [0.1, 0.15) is 174 Å². The minimum Gasteiger partial charge on any atom is -0.507 e. The predicted octanol–water partition coefficient (Wildman–Crippen LogP) is 14.0. The SMILES string of the molecule is COc1cc(C=O)cc(-c2cc(C=O)cc(OC)c2O)c1O.Cc1cc(C=O)c(O)c(C=O)c1.Cc1ccc(S(=O)(=O)N(CCCl)CCCl)cc1.ClCCOCCOCCOCCCl.O=CCCCC=O.O=Cc1ccc(C=O)s1.O=Cc1ccc(O)c(C=O)c1.O=Cc1cccc(C=O)n1.O=Cc1ccccc1C=O.O=Cc1ccsc1C=O. The van der Waals surface area contributed by atoms with Crippen LogP contribution in [0.4, 0.5) is 0 Å². The molecule has 0 unspecified atom stereocenters. The van der Waals surface area contributed by atoms with E-state index < -0.39 is 10.0 Å². The molecule has 0 bridgehead atoms. The number of carbonyl (C=O) groups excluding carboxylic acids is 16. The fraction of sp³-hybridized carbons (Fsp3) is 0.226. The van der Waals surface area contributed by atoms with Crippen LogP contribution in [-0.4, -0.2) is 229 Å². The van der Waals surface area contributed by atoms with Crippen molar-refractivity contribution in [1.29, 1.82) is 0 Å². The smallest absolute Gasteiger partial charge is 0.243 e. The Morgan fingerprint density at radius 1 is 0.400 bits per heavy atom. The number of sulfonamides is 1. The molecule has 36 heteroatoms. The number of ether oxygens (including phenoxy) is 5. The number of pyridine rings is 1. The lowest BCUT2D eigenvalue weighted by Crippen LogP contribution is -2.34. The van der Waals surface area contributed by atoms with Crippen LogP contribution in [0.5, 0.6) is 34.5 Å². The van der Waals surface area contributed by atoms with Gasteiger partial charge in [-0.1, -0.05) is 48.0 Å². The Labute approximate surface area is 719 Å². The van der Waals surface area contributed by atoms with E-state index in [9.17, 15) is 100 Å². The van der Waals surface area contributed by atoms with Crippen LogP contribution in [-0.2, 0) is 33.8 Å². The molecule has 120 heavy (non-hydrogen) atoms. The Kier molecular flexibility index (Phi) is 59.8. The number of hydrogen-bond donors (Lipinski definition) is 4. The Morgan fingerprint density at radius 2 is 0.833 bits per heavy atom. The van der Waals surface area contributed by atoms with Gasteiger partial charge in [0.2, 0.25) is 10.0 Å². The van der Waals surface area contributed by atoms with Gasteiger partial charge in [0, 0.05) is 94.0 Å². The summed E-state index contributed by atoms with van der Waals surface area (Å²) in [6.07, 6.45) is 12.1. The molecule has 3 aromatic heterocycles. The molecule has 0 saturated heterocycles. The maximum Gasteiger partial charge on any atom is 0.243 e. The first kappa shape index (κ1) is 108. The zero-order valence-corrected chi connectivity index (χ0v) is 70.5. The fourth-order valence-corrected chi connectivity index (χ4v) is 12.1. The minimum absolute atomic E-state index is 0.0782. The summed E-state index contributed by atoms with van der Waals surface area (Å²) in [4.78, 5) is 169. The summed E-state index contributed by atoms with van der Waals surface area (Å²) in [5.41, 5.74) is 5.34. The Hall–Kier alpha value is -11.7. The van der Waals surface area contributed by atoms with E-state index in [1.54, 1.807) is 97.2 Å². The number of alkyl halides is 4. The third kappa shape index (κ3) is 42.1. The standard InChI is InChI=1S/C16H14O6.C11H15Cl2NO2S.C9H8O3.C8H16Cl2O3.C8H6O3.C8H6O2.C7H5NO2.2C6H4O2S.C5H8O2/c1-21-13-5-9(7-17)3-11(15(13)19)12-4-10(8-18)6-14(22-2)16(12)20;1-10-2-4-11(5-3-10)17(15,16)14(8-6-12)9-7-13;1-6-2-7(4-10)9(12)8(3-6)5-11;9-1-3-11-5-7-13-8-6-12-4-2-10;9-4-6-1-2-8(11)7(3-6)5-10;9-5-7-3-1-2-4-8(7)6-10;9-4-6-2-1-3-7(5-10)8-6;7-3-5-1-2-9-6(5)4-8;7-3-5-1-2-6(4-8)9-5;6-4-2-1-3-5-7/h3-8,19-20H,1-2H3;2-5H,6-9H2,1H3;2-5,12H,1H3;1-8H2;1-5,11H;1-6H;1-5H;2*1-4H;4-5H,1-3H2. The number of thiophene rings is 2. The molecule has 0 radical (unpaired) electrons. The second kappa shape index (κ2) is 66.3. The number of aldehydes is 16. The molecule has 0 aliphatic rings. The van der Waals surface area contributed by atoms with E-state index in [1.807, 2.05) is 6.92 Å². The largest absolute Gasteiger partial charge is 0.507 e. The van der Waals surface area contributed by atoms with Crippen molar-refractivity contribution in [3.8, 4) is 45.6 Å². The van der Waals surface area contributed by atoms with E-state index in [4.69, 9.17) is 75.2 Å². The van der Waals surface area contributed by atoms with Gasteiger partial charge in [-0.3, -0.25) is 67.1 Å². The minimum atomic E-state index is -3.48. The molecule has 0 fully saturated rings. The zero-order chi connectivity index (χ0) is 90.1. The first-order valence-corrected chi connectivity index (χ1v) is 40.1. The van der Waals surface area contributed by atoms with Crippen molar-refractivity contribution in [2.24, 2.45) is 0 Å². The van der Waals surface area contributed by atoms with Crippen LogP contribution in [0.3, 0.4) is 0 Å². The van der Waals surface area contributed by atoms with Gasteiger partial charge in [0.05, 0.1) is 90.1 Å². The highest BCUT2D eigenvalue weighted by Gasteiger charge is 2.24. The third-order valence-electron chi connectivity index (χ3n) is 14.4. The highest BCUT2D eigenvalue weighted by Crippen LogP contribution is 2.45. The van der Waals surface area contributed by atoms with Crippen molar-refractivity contribution in [3.63, 3.8) is 0 Å². The number of nitrogens with zero attached hydrogens (tertiary/aromatic N) is 2. The number of benzene rings is 6. The molecule has 4 N–H and O–H groups in total. The zero-order valence-electron chi connectivity index (χ0n) is 65.0. The van der Waals surface area contributed by atoms with Crippen molar-refractivity contribution in [2.45, 2.75) is 38.0 Å². The first-order chi connectivity index (χ1) is 57.8. The lowest BCUT2D eigenvalue weighted by atomic mass is 9.98. The summed E-state index contributed by atoms with van der Waals surface area (Å²) < 4.78 is 51.2. The molecule has 9 aromatic rings. The van der Waals surface area contributed by atoms with Gasteiger partial charge >= 0.3 is 0 Å². The van der Waals surface area contributed by atoms with Gasteiger partial charge in [-0.05, 0) is 128 Å². The van der Waals surface area contributed by atoms with Crippen LogP contribution >= 0.6 is 69.1 Å². The second-order valence-corrected chi connectivity index (χ2v) is 28.2. The van der Waals surface area contributed by atoms with Gasteiger partial charge in [-0.2, -0.15) is 4.31 Å². The molecule has 0 amide bonds. The number of hydrogen-bond acceptors (Lipinski definition) is 30. The molecule has 0 aliphatic carbocycles. The summed E-state index contributed by atoms with van der Waals surface area (Å²) in [6.45, 7) is 7.69. The summed E-state index contributed by atoms with van der Waals surface area (Å²) in [6, 6.07) is 35.6. The number of aryl methyl sites for hydroxylation is 2. The fourth-order valence-electron chi connectivity index (χ4n) is 8.55. The van der Waals surface area contributed by atoms with Crippen LogP contribution in [0.15, 0.2) is 150 Å². The lowest BCUT2D eigenvalue weighted by Gasteiger charge is -2.20. The molecule has 6 aromatic carbocycles. The maximum absolute atomic E-state index is 12.2. The Balaban J connectivity index is 0.00000133. The van der Waals surface area contributed by atoms with Gasteiger partial charge in [0.15, 0.2) is 92.1 Å². The number of methoxy groups -OCH3 is 2. The highest BCUT2D eigenvalue weighted by molar-refractivity contribution is 7.89. The van der Waals surface area contributed by atoms with Gasteiger partial charge < -0.3 is 53.7 Å². The van der Waals surface area contributed by atoms with Crippen molar-refractivity contribution in [1.82, 2.24) is 9.29 Å². The van der Waals surface area contributed by atoms with Crippen LogP contribution in [0.2, 0.25) is 0 Å². The Bertz CT molecular complexity index is 4600. The van der Waals surface area contributed by atoms with E-state index in [0.717, 1.165) is 36.3 Å². The van der Waals surface area contributed by atoms with Crippen molar-refractivity contribution in [3.05, 3.63) is 232 Å². The number of phenolic OH excluding ortho intramolecular Hbond substituents is 4. The van der Waals surface area contributed by atoms with Gasteiger partial charge in [0.25, 0.3) is 0 Å². The average molecular weight is 1790 g/mol. The van der Waals surface area contributed by atoms with Crippen LogP contribution in [0.25, 0.3) is 11.1 Å². The lowest BCUT2D eigenvalue weighted by molar-refractivity contribution is -0.109. The number of aromatic hydroxyl groups is 4. The van der Waals surface area contributed by atoms with Crippen molar-refractivity contribution >= 4 is 180 Å². The van der Waals surface area contributed by atoms with Gasteiger partial charge in [0.1, 0.15) is 54.3 Å². The maximum atomic E-state index is 12.2. The number of carbonyl (C=O) groups is 16. The Morgan fingerprint density at radius 3 is 1.18 bits per heavy atom. The molecule has 0 spiro atoms. The topological polar surface area (TPSA) is 450 Å². The van der Waals surface area contributed by atoms with E-state index in [0.29, 0.717) is 183 Å². The molecule has 29 nitrogen and oxygen atoms in total. The van der Waals surface area contributed by atoms with Crippen molar-refractivity contribution in [2.75, 3.05) is 90.5 Å². The molecular formula is C84H86Cl4N2O27S3. The molecule has 9 rings (SSSR count). The van der Waals surface area contributed by atoms with Crippen LogP contribution < -0.4 is 9.47 Å². The highest BCUT2D eigenvalue weighted by atomic mass is 35.5. The number of rotatable bonds is 37. The number of aromatic nitrogens is 1. The molecule has 3 heterocycles. The second-order valence-electron chi connectivity index (χ2n) is 22.7. The van der Waals surface area contributed by atoms with E-state index >= 15 is 0 Å². The normalized spacial score (nSPS) is 9.74. The quantitative estimate of drug-likeness (QED) is 0.0160. The number of halogens is 4. The summed E-state index contributed by atoms with van der Waals surface area (Å²) in [5, 5.41) is 40.4. The van der Waals surface area contributed by atoms with Crippen molar-refractivity contribution < 1.29 is 129 Å². The summed E-state index contributed by atoms with van der Waals surface area (Å²) >= 11 is 24.5. The van der Waals surface area contributed by atoms with Gasteiger partial charge in [-0.15, -0.1) is 69.1 Å². The van der Waals surface area contributed by atoms with E-state index in [1.165, 1.54) is 95.8 Å². The molecule has 640 valence electrons. The molecule has 0 atom stereocenters. The van der Waals surface area contributed by atoms with E-state index in [2.05, 4.69) is 4.98 Å². The van der Waals surface area contributed by atoms with Gasteiger partial charge in [-0.25, -0.2) is 13.4 Å².